The lowest BCUT2D eigenvalue weighted by atomic mass is 9.98. The van der Waals surface area contributed by atoms with Gasteiger partial charge in [-0.05, 0) is 44.0 Å². The molecule has 1 fully saturated rings. The normalized spacial score (nSPS) is 19.0. The Morgan fingerprint density at radius 3 is 2.76 bits per heavy atom. The molecule has 0 spiro atoms. The molecule has 3 aromatic rings. The second-order valence-corrected chi connectivity index (χ2v) is 9.99. The minimum Gasteiger partial charge on any atom is -0.486 e. The first kappa shape index (κ1) is 25.1. The maximum absolute atomic E-state index is 13.5. The number of carbonyl (C=O) groups is 2. The molecule has 3 heterocycles. The third-order valence-electron chi connectivity index (χ3n) is 6.50. The highest BCUT2D eigenvalue weighted by Gasteiger charge is 2.30. The highest BCUT2D eigenvalue weighted by Crippen LogP contribution is 2.31. The number of para-hydroxylation sites is 3. The van der Waals surface area contributed by atoms with Crippen molar-refractivity contribution in [2.45, 2.75) is 37.6 Å². The van der Waals surface area contributed by atoms with Gasteiger partial charge in [0.25, 0.3) is 5.56 Å². The van der Waals surface area contributed by atoms with Gasteiger partial charge in [-0.25, -0.2) is 4.98 Å². The molecule has 9 nitrogen and oxygen atoms in total. The Morgan fingerprint density at radius 1 is 1.14 bits per heavy atom. The van der Waals surface area contributed by atoms with Gasteiger partial charge in [0.2, 0.25) is 5.91 Å². The number of hydrogen-bond acceptors (Lipinski definition) is 8. The first-order valence-corrected chi connectivity index (χ1v) is 13.5. The molecule has 2 aromatic carbocycles. The van der Waals surface area contributed by atoms with Crippen molar-refractivity contribution >= 4 is 34.5 Å². The molecule has 10 heteroatoms. The van der Waals surface area contributed by atoms with Crippen LogP contribution in [0.2, 0.25) is 0 Å². The summed E-state index contributed by atoms with van der Waals surface area (Å²) >= 11 is 1.22. The van der Waals surface area contributed by atoms with Gasteiger partial charge in [0, 0.05) is 13.1 Å². The molecule has 0 unspecified atom stereocenters. The molecule has 0 radical (unpaired) electrons. The van der Waals surface area contributed by atoms with Crippen LogP contribution in [-0.4, -0.2) is 64.5 Å². The van der Waals surface area contributed by atoms with Crippen molar-refractivity contribution in [3.8, 4) is 11.5 Å². The topological polar surface area (TPSA) is 100.0 Å². The summed E-state index contributed by atoms with van der Waals surface area (Å²) in [5, 5.41) is 0.946. The summed E-state index contributed by atoms with van der Waals surface area (Å²) in [5.74, 6) is 0.751. The lowest BCUT2D eigenvalue weighted by Gasteiger charge is -2.31. The van der Waals surface area contributed by atoms with E-state index >= 15 is 0 Å². The van der Waals surface area contributed by atoms with Crippen LogP contribution in [0.5, 0.6) is 11.5 Å². The Balaban J connectivity index is 1.34. The monoisotopic (exact) mass is 523 g/mol. The molecule has 0 saturated carbocycles. The number of rotatable bonds is 7. The van der Waals surface area contributed by atoms with Gasteiger partial charge in [0.15, 0.2) is 22.8 Å². The van der Waals surface area contributed by atoms with Crippen LogP contribution in [0.25, 0.3) is 10.9 Å². The van der Waals surface area contributed by atoms with Crippen molar-refractivity contribution < 1.29 is 23.8 Å². The molecule has 194 valence electrons. The van der Waals surface area contributed by atoms with Crippen molar-refractivity contribution in [3.05, 3.63) is 58.9 Å². The Labute approximate surface area is 218 Å². The van der Waals surface area contributed by atoms with Crippen molar-refractivity contribution in [1.29, 1.82) is 0 Å². The lowest BCUT2D eigenvalue weighted by molar-refractivity contribution is -0.151. The summed E-state index contributed by atoms with van der Waals surface area (Å²) in [4.78, 5) is 45.1. The zero-order valence-corrected chi connectivity index (χ0v) is 21.4. The fourth-order valence-corrected chi connectivity index (χ4v) is 5.56. The molecule has 0 aliphatic carbocycles. The van der Waals surface area contributed by atoms with E-state index in [0.29, 0.717) is 60.3 Å². The van der Waals surface area contributed by atoms with E-state index in [2.05, 4.69) is 0 Å². The Bertz CT molecular complexity index is 1360. The van der Waals surface area contributed by atoms with Gasteiger partial charge in [0.05, 0.1) is 35.7 Å². The van der Waals surface area contributed by atoms with E-state index in [0.717, 1.165) is 6.42 Å². The molecule has 0 N–H and O–H groups in total. The Hall–Kier alpha value is -3.53. The summed E-state index contributed by atoms with van der Waals surface area (Å²) in [6.45, 7) is 3.58. The minimum atomic E-state index is -0.391. The number of hydrogen-bond donors (Lipinski definition) is 0. The Morgan fingerprint density at radius 2 is 1.92 bits per heavy atom. The van der Waals surface area contributed by atoms with Crippen molar-refractivity contribution in [3.63, 3.8) is 0 Å². The van der Waals surface area contributed by atoms with E-state index in [9.17, 15) is 14.4 Å². The number of likely N-dealkylation sites (tertiary alicyclic amines) is 1. The summed E-state index contributed by atoms with van der Waals surface area (Å²) in [6, 6.07) is 14.6. The number of fused-ring (bicyclic) bond motifs is 2. The van der Waals surface area contributed by atoms with E-state index in [-0.39, 0.29) is 35.7 Å². The van der Waals surface area contributed by atoms with Gasteiger partial charge < -0.3 is 19.1 Å². The predicted octanol–water partition coefficient (Wildman–Crippen LogP) is 3.13. The summed E-state index contributed by atoms with van der Waals surface area (Å²) in [6.07, 6.45) is 1.08. The third kappa shape index (κ3) is 5.58. The molecule has 2 aliphatic heterocycles. The maximum atomic E-state index is 13.5. The number of nitrogens with zero attached hydrogens (tertiary/aromatic N) is 3. The van der Waals surface area contributed by atoms with Crippen LogP contribution in [-0.2, 0) is 20.9 Å². The highest BCUT2D eigenvalue weighted by molar-refractivity contribution is 7.99. The van der Waals surface area contributed by atoms with Crippen molar-refractivity contribution in [2.24, 2.45) is 5.92 Å². The van der Waals surface area contributed by atoms with Crippen LogP contribution < -0.4 is 15.0 Å². The van der Waals surface area contributed by atoms with E-state index < -0.39 is 6.10 Å². The SMILES string of the molecule is CCOC(=O)[C@H]1CCCN(C(=O)CSc2nc3ccccc3c(=O)n2C[C@H]2COc3ccccc3O2)C1. The van der Waals surface area contributed by atoms with Crippen LogP contribution >= 0.6 is 11.8 Å². The average Bonchev–Trinajstić information content (AvgIpc) is 2.93. The lowest BCUT2D eigenvalue weighted by Crippen LogP contribution is -2.43. The van der Waals surface area contributed by atoms with Crippen molar-refractivity contribution in [1.82, 2.24) is 14.5 Å². The zero-order chi connectivity index (χ0) is 25.8. The number of esters is 1. The van der Waals surface area contributed by atoms with Gasteiger partial charge in [0.1, 0.15) is 6.61 Å². The fourth-order valence-electron chi connectivity index (χ4n) is 4.65. The first-order chi connectivity index (χ1) is 18.0. The standard InChI is InChI=1S/C27H29N3O6S/c1-2-34-26(33)18-8-7-13-29(14-18)24(31)17-37-27-28-21-10-4-3-9-20(21)25(32)30(27)15-19-16-35-22-11-5-6-12-23(22)36-19/h3-6,9-12,18-19H,2,7-8,13-17H2,1H3/t18-,19-/m0/s1. The molecule has 1 saturated heterocycles. The predicted molar refractivity (Wildman–Crippen MR) is 139 cm³/mol. The summed E-state index contributed by atoms with van der Waals surface area (Å²) < 4.78 is 18.6. The van der Waals surface area contributed by atoms with Crippen LogP contribution in [0.3, 0.4) is 0 Å². The quantitative estimate of drug-likeness (QED) is 0.265. The van der Waals surface area contributed by atoms with Crippen LogP contribution in [0.4, 0.5) is 0 Å². The van der Waals surface area contributed by atoms with Gasteiger partial charge >= 0.3 is 5.97 Å². The van der Waals surface area contributed by atoms with Gasteiger partial charge in [-0.15, -0.1) is 0 Å². The molecular weight excluding hydrogens is 494 g/mol. The largest absolute Gasteiger partial charge is 0.486 e. The number of piperidine rings is 1. The van der Waals surface area contributed by atoms with E-state index in [1.54, 1.807) is 34.6 Å². The van der Waals surface area contributed by atoms with E-state index in [1.165, 1.54) is 11.8 Å². The molecule has 1 amide bonds. The number of ether oxygens (including phenoxy) is 3. The van der Waals surface area contributed by atoms with Crippen molar-refractivity contribution in [2.75, 3.05) is 32.1 Å². The zero-order valence-electron chi connectivity index (χ0n) is 20.6. The summed E-state index contributed by atoms with van der Waals surface area (Å²) in [7, 11) is 0. The molecule has 2 atom stereocenters. The molecule has 2 aliphatic rings. The second kappa shape index (κ2) is 11.2. The van der Waals surface area contributed by atoms with Crippen LogP contribution in [0, 0.1) is 5.92 Å². The second-order valence-electron chi connectivity index (χ2n) is 9.04. The molecule has 37 heavy (non-hydrogen) atoms. The first-order valence-electron chi connectivity index (χ1n) is 12.5. The smallest absolute Gasteiger partial charge is 0.310 e. The molecule has 1 aromatic heterocycles. The average molecular weight is 524 g/mol. The third-order valence-corrected chi connectivity index (χ3v) is 7.46. The molecular formula is C27H29N3O6S. The number of benzene rings is 2. The maximum Gasteiger partial charge on any atom is 0.310 e. The molecule has 0 bridgehead atoms. The number of carbonyl (C=O) groups excluding carboxylic acids is 2. The minimum absolute atomic E-state index is 0.0980. The van der Waals surface area contributed by atoms with Crippen LogP contribution in [0.15, 0.2) is 58.5 Å². The van der Waals surface area contributed by atoms with Crippen LogP contribution in [0.1, 0.15) is 19.8 Å². The van der Waals surface area contributed by atoms with Gasteiger partial charge in [-0.1, -0.05) is 36.0 Å². The fraction of sp³-hybridized carbons (Fsp3) is 0.407. The number of aromatic nitrogens is 2. The van der Waals surface area contributed by atoms with Gasteiger partial charge in [-0.3, -0.25) is 19.0 Å². The highest BCUT2D eigenvalue weighted by atomic mass is 32.2. The van der Waals surface area contributed by atoms with E-state index in [4.69, 9.17) is 19.2 Å². The number of thioether (sulfide) groups is 1. The van der Waals surface area contributed by atoms with Gasteiger partial charge in [-0.2, -0.15) is 0 Å². The summed E-state index contributed by atoms with van der Waals surface area (Å²) in [5.41, 5.74) is 0.383. The number of amides is 1. The Kier molecular flexibility index (Phi) is 7.64. The van der Waals surface area contributed by atoms with E-state index in [1.807, 2.05) is 30.3 Å². The molecule has 5 rings (SSSR count).